The number of carbonyl (C=O) groups is 1. The van der Waals surface area contributed by atoms with Crippen LogP contribution in [0.15, 0.2) is 18.3 Å². The topological polar surface area (TPSA) is 57.3 Å². The van der Waals surface area contributed by atoms with Crippen molar-refractivity contribution in [3.63, 3.8) is 0 Å². The maximum atomic E-state index is 12.6. The zero-order valence-corrected chi connectivity index (χ0v) is 10.2. The molecule has 0 aliphatic carbocycles. The van der Waals surface area contributed by atoms with Crippen molar-refractivity contribution in [1.29, 1.82) is 0 Å². The minimum absolute atomic E-state index is 0.0898. The molecule has 5 nitrogen and oxygen atoms in total. The molecule has 18 heavy (non-hydrogen) atoms. The maximum Gasteiger partial charge on any atom is 0.239 e. The highest BCUT2D eigenvalue weighted by molar-refractivity contribution is 5.77. The molecule has 1 amide bonds. The standard InChI is InChI=1S/C12H17FN4O/c13-10-3-4-11(14-9-10)15-16-12(18)5-8-17-6-1-2-7-17/h3-4,9H,1-2,5-8H2,(H,14,15)(H,16,18). The molecule has 98 valence electrons. The Labute approximate surface area is 105 Å². The number of rotatable bonds is 5. The van der Waals surface area contributed by atoms with Crippen molar-refractivity contribution in [3.8, 4) is 0 Å². The second-order valence-electron chi connectivity index (χ2n) is 4.33. The molecule has 1 aliphatic heterocycles. The van der Waals surface area contributed by atoms with Crippen LogP contribution in [0.2, 0.25) is 0 Å². The first kappa shape index (κ1) is 12.8. The number of nitrogens with zero attached hydrogens (tertiary/aromatic N) is 2. The molecule has 0 unspecified atom stereocenters. The van der Waals surface area contributed by atoms with Gasteiger partial charge in [0.25, 0.3) is 0 Å². The third-order valence-corrected chi connectivity index (χ3v) is 2.91. The zero-order valence-electron chi connectivity index (χ0n) is 10.2. The lowest BCUT2D eigenvalue weighted by Crippen LogP contribution is -2.33. The first-order chi connectivity index (χ1) is 8.74. The monoisotopic (exact) mass is 252 g/mol. The summed E-state index contributed by atoms with van der Waals surface area (Å²) in [6.07, 6.45) is 3.99. The molecule has 1 aliphatic rings. The molecular formula is C12H17FN4O. The molecule has 1 saturated heterocycles. The van der Waals surface area contributed by atoms with E-state index in [0.29, 0.717) is 12.2 Å². The molecule has 0 atom stereocenters. The SMILES string of the molecule is O=C(CCN1CCCC1)NNc1ccc(F)cn1. The Kier molecular flexibility index (Phi) is 4.46. The summed E-state index contributed by atoms with van der Waals surface area (Å²) in [5.41, 5.74) is 5.19. The number of likely N-dealkylation sites (tertiary alicyclic amines) is 1. The molecule has 0 radical (unpaired) electrons. The fourth-order valence-electron chi connectivity index (χ4n) is 1.91. The molecule has 1 fully saturated rings. The number of pyridine rings is 1. The van der Waals surface area contributed by atoms with E-state index in [-0.39, 0.29) is 5.91 Å². The Morgan fingerprint density at radius 1 is 1.39 bits per heavy atom. The summed E-state index contributed by atoms with van der Waals surface area (Å²) < 4.78 is 12.6. The Balaban J connectivity index is 1.66. The molecule has 0 aromatic carbocycles. The normalized spacial score (nSPS) is 15.6. The van der Waals surface area contributed by atoms with Gasteiger partial charge in [0.2, 0.25) is 5.91 Å². The van der Waals surface area contributed by atoms with E-state index < -0.39 is 5.82 Å². The van der Waals surface area contributed by atoms with Crippen LogP contribution in [0.3, 0.4) is 0 Å². The predicted octanol–water partition coefficient (Wildman–Crippen LogP) is 1.15. The molecule has 2 N–H and O–H groups in total. The van der Waals surface area contributed by atoms with E-state index in [1.165, 1.54) is 25.0 Å². The van der Waals surface area contributed by atoms with Gasteiger partial charge in [-0.2, -0.15) is 0 Å². The van der Waals surface area contributed by atoms with Gasteiger partial charge in [0.15, 0.2) is 0 Å². The number of hydrazine groups is 1. The van der Waals surface area contributed by atoms with Crippen LogP contribution in [0, 0.1) is 5.82 Å². The van der Waals surface area contributed by atoms with Crippen molar-refractivity contribution in [2.24, 2.45) is 0 Å². The highest BCUT2D eigenvalue weighted by Crippen LogP contribution is 2.07. The van der Waals surface area contributed by atoms with Gasteiger partial charge in [-0.15, -0.1) is 0 Å². The molecule has 1 aromatic rings. The van der Waals surface area contributed by atoms with Gasteiger partial charge in [0, 0.05) is 13.0 Å². The van der Waals surface area contributed by atoms with Gasteiger partial charge < -0.3 is 4.90 Å². The van der Waals surface area contributed by atoms with Crippen molar-refractivity contribution in [2.45, 2.75) is 19.3 Å². The Morgan fingerprint density at radius 3 is 2.83 bits per heavy atom. The van der Waals surface area contributed by atoms with Crippen LogP contribution < -0.4 is 10.9 Å². The van der Waals surface area contributed by atoms with Crippen LogP contribution in [-0.2, 0) is 4.79 Å². The van der Waals surface area contributed by atoms with Gasteiger partial charge >= 0.3 is 0 Å². The summed E-state index contributed by atoms with van der Waals surface area (Å²) in [6.45, 7) is 2.95. The number of halogens is 1. The lowest BCUT2D eigenvalue weighted by atomic mass is 10.4. The van der Waals surface area contributed by atoms with Crippen LogP contribution in [0.4, 0.5) is 10.2 Å². The fraction of sp³-hybridized carbons (Fsp3) is 0.500. The van der Waals surface area contributed by atoms with Crippen molar-refractivity contribution >= 4 is 11.7 Å². The second kappa shape index (κ2) is 6.30. The number of carbonyl (C=O) groups excluding carboxylic acids is 1. The van der Waals surface area contributed by atoms with E-state index in [2.05, 4.69) is 20.7 Å². The minimum Gasteiger partial charge on any atom is -0.303 e. The summed E-state index contributed by atoms with van der Waals surface area (Å²) in [6, 6.07) is 2.75. The Morgan fingerprint density at radius 2 is 2.17 bits per heavy atom. The lowest BCUT2D eigenvalue weighted by Gasteiger charge is -2.14. The molecule has 0 spiro atoms. The average Bonchev–Trinajstić information content (AvgIpc) is 2.89. The van der Waals surface area contributed by atoms with Crippen molar-refractivity contribution in [2.75, 3.05) is 25.1 Å². The van der Waals surface area contributed by atoms with Crippen molar-refractivity contribution < 1.29 is 9.18 Å². The summed E-state index contributed by atoms with van der Waals surface area (Å²) >= 11 is 0. The molecule has 0 bridgehead atoms. The number of amides is 1. The average molecular weight is 252 g/mol. The zero-order chi connectivity index (χ0) is 12.8. The number of hydrogen-bond donors (Lipinski definition) is 2. The molecule has 6 heteroatoms. The van der Waals surface area contributed by atoms with Gasteiger partial charge in [0.05, 0.1) is 6.20 Å². The number of nitrogens with one attached hydrogen (secondary N) is 2. The second-order valence-corrected chi connectivity index (χ2v) is 4.33. The first-order valence-corrected chi connectivity index (χ1v) is 6.13. The molecular weight excluding hydrogens is 235 g/mol. The van der Waals surface area contributed by atoms with Gasteiger partial charge in [-0.05, 0) is 38.1 Å². The van der Waals surface area contributed by atoms with E-state index in [1.807, 2.05) is 0 Å². The van der Waals surface area contributed by atoms with E-state index in [1.54, 1.807) is 0 Å². The quantitative estimate of drug-likeness (QED) is 0.772. The van der Waals surface area contributed by atoms with Crippen LogP contribution in [0.1, 0.15) is 19.3 Å². The van der Waals surface area contributed by atoms with Crippen LogP contribution in [-0.4, -0.2) is 35.4 Å². The van der Waals surface area contributed by atoms with Gasteiger partial charge in [-0.25, -0.2) is 9.37 Å². The van der Waals surface area contributed by atoms with Crippen molar-refractivity contribution in [3.05, 3.63) is 24.1 Å². The van der Waals surface area contributed by atoms with Gasteiger partial charge in [-0.1, -0.05) is 0 Å². The van der Waals surface area contributed by atoms with Crippen molar-refractivity contribution in [1.82, 2.24) is 15.3 Å². The van der Waals surface area contributed by atoms with E-state index in [0.717, 1.165) is 25.8 Å². The van der Waals surface area contributed by atoms with Crippen LogP contribution in [0.25, 0.3) is 0 Å². The molecule has 2 heterocycles. The van der Waals surface area contributed by atoms with Gasteiger partial charge in [0.1, 0.15) is 11.6 Å². The van der Waals surface area contributed by atoms with E-state index in [4.69, 9.17) is 0 Å². The fourth-order valence-corrected chi connectivity index (χ4v) is 1.91. The summed E-state index contributed by atoms with van der Waals surface area (Å²) in [5.74, 6) is -0.0696. The highest BCUT2D eigenvalue weighted by Gasteiger charge is 2.12. The van der Waals surface area contributed by atoms with Crippen LogP contribution in [0.5, 0.6) is 0 Å². The highest BCUT2D eigenvalue weighted by atomic mass is 19.1. The van der Waals surface area contributed by atoms with E-state index in [9.17, 15) is 9.18 Å². The number of anilines is 1. The summed E-state index contributed by atoms with van der Waals surface area (Å²) in [5, 5.41) is 0. The van der Waals surface area contributed by atoms with Gasteiger partial charge in [-0.3, -0.25) is 15.6 Å². The Bertz CT molecular complexity index is 390. The number of aromatic nitrogens is 1. The Hall–Kier alpha value is -1.69. The van der Waals surface area contributed by atoms with E-state index >= 15 is 0 Å². The minimum atomic E-state index is -0.402. The van der Waals surface area contributed by atoms with Crippen LogP contribution >= 0.6 is 0 Å². The smallest absolute Gasteiger partial charge is 0.239 e. The first-order valence-electron chi connectivity index (χ1n) is 6.13. The predicted molar refractivity (Wildman–Crippen MR) is 66.3 cm³/mol. The summed E-state index contributed by atoms with van der Waals surface area (Å²) in [4.78, 5) is 17.6. The lowest BCUT2D eigenvalue weighted by molar-refractivity contribution is -0.120. The number of hydrogen-bond acceptors (Lipinski definition) is 4. The largest absolute Gasteiger partial charge is 0.303 e. The third-order valence-electron chi connectivity index (χ3n) is 2.91. The third kappa shape index (κ3) is 3.96. The maximum absolute atomic E-state index is 12.6. The molecule has 0 saturated carbocycles. The summed E-state index contributed by atoms with van der Waals surface area (Å²) in [7, 11) is 0. The molecule has 2 rings (SSSR count). The molecule has 1 aromatic heterocycles.